The van der Waals surface area contributed by atoms with Crippen molar-refractivity contribution in [1.82, 2.24) is 15.1 Å². The fraction of sp³-hybridized carbons (Fsp3) is 0.667. The molecule has 3 atom stereocenters. The monoisotopic (exact) mass is 314 g/mol. The van der Waals surface area contributed by atoms with Crippen LogP contribution in [0.25, 0.3) is 0 Å². The number of hydrogen-bond donors (Lipinski definition) is 2. The summed E-state index contributed by atoms with van der Waals surface area (Å²) in [6, 6.07) is -0.431. The van der Waals surface area contributed by atoms with Gasteiger partial charge < -0.3 is 19.9 Å². The van der Waals surface area contributed by atoms with Gasteiger partial charge in [0.25, 0.3) is 0 Å². The van der Waals surface area contributed by atoms with Crippen LogP contribution in [0.5, 0.6) is 0 Å². The van der Waals surface area contributed by atoms with Crippen molar-refractivity contribution in [2.45, 2.75) is 31.1 Å². The van der Waals surface area contributed by atoms with Crippen molar-refractivity contribution in [2.24, 2.45) is 7.05 Å². The van der Waals surface area contributed by atoms with Crippen molar-refractivity contribution in [3.8, 4) is 0 Å². The largest absolute Gasteiger partial charge is 0.465 e. The van der Waals surface area contributed by atoms with Gasteiger partial charge in [-0.05, 0) is 12.8 Å². The van der Waals surface area contributed by atoms with Gasteiger partial charge in [0.1, 0.15) is 24.1 Å². The molecule has 22 heavy (non-hydrogen) atoms. The van der Waals surface area contributed by atoms with Gasteiger partial charge >= 0.3 is 11.8 Å². The lowest BCUT2D eigenvalue weighted by Crippen LogP contribution is -2.44. The Bertz CT molecular complexity index is 560. The molecule has 1 aliphatic heterocycles. The SMILES string of the molecule is CO[C@@H]1CO[C@H](c2c([N+](=O)[O-])cnn2C)CC[C@H]1NC(=O)O. The van der Waals surface area contributed by atoms with Crippen molar-refractivity contribution in [2.75, 3.05) is 13.7 Å². The number of ether oxygens (including phenoxy) is 2. The number of methoxy groups -OCH3 is 1. The van der Waals surface area contributed by atoms with Crippen LogP contribution in [-0.4, -0.2) is 51.8 Å². The highest BCUT2D eigenvalue weighted by molar-refractivity contribution is 5.64. The minimum Gasteiger partial charge on any atom is -0.465 e. The molecule has 1 saturated heterocycles. The summed E-state index contributed by atoms with van der Waals surface area (Å²) in [6.45, 7) is 0.133. The summed E-state index contributed by atoms with van der Waals surface area (Å²) < 4.78 is 12.4. The molecule has 122 valence electrons. The molecule has 1 amide bonds. The van der Waals surface area contributed by atoms with E-state index in [9.17, 15) is 14.9 Å². The van der Waals surface area contributed by atoms with E-state index in [4.69, 9.17) is 14.6 Å². The fourth-order valence-corrected chi connectivity index (χ4v) is 2.65. The van der Waals surface area contributed by atoms with Gasteiger partial charge in [0, 0.05) is 14.2 Å². The number of carboxylic acid groups (broad SMARTS) is 1. The number of amides is 1. The number of hydrogen-bond acceptors (Lipinski definition) is 6. The van der Waals surface area contributed by atoms with Crippen LogP contribution in [0.15, 0.2) is 6.20 Å². The van der Waals surface area contributed by atoms with E-state index in [1.807, 2.05) is 0 Å². The number of aryl methyl sites for hydroxylation is 1. The Balaban J connectivity index is 2.20. The van der Waals surface area contributed by atoms with E-state index in [1.54, 1.807) is 7.05 Å². The molecule has 0 aromatic carbocycles. The van der Waals surface area contributed by atoms with Gasteiger partial charge in [0.2, 0.25) is 0 Å². The quantitative estimate of drug-likeness (QED) is 0.622. The third-order valence-corrected chi connectivity index (χ3v) is 3.73. The molecule has 1 fully saturated rings. The Hall–Kier alpha value is -2.20. The van der Waals surface area contributed by atoms with E-state index in [0.717, 1.165) is 0 Å². The Morgan fingerprint density at radius 3 is 2.95 bits per heavy atom. The summed E-state index contributed by atoms with van der Waals surface area (Å²) in [4.78, 5) is 21.4. The standard InChI is InChI=1S/C12H18N4O6/c1-15-11(8(5-13-15)16(19)20)9-4-3-7(14-12(17)18)10(21-2)6-22-9/h5,7,9-10,14H,3-4,6H2,1-2H3,(H,17,18)/t7-,9+,10-/m1/s1. The van der Waals surface area contributed by atoms with Gasteiger partial charge in [-0.25, -0.2) is 4.79 Å². The first-order valence-corrected chi connectivity index (χ1v) is 6.74. The van der Waals surface area contributed by atoms with Crippen LogP contribution in [0.1, 0.15) is 24.6 Å². The second-order valence-electron chi connectivity index (χ2n) is 5.03. The van der Waals surface area contributed by atoms with Gasteiger partial charge in [-0.2, -0.15) is 5.10 Å². The highest BCUT2D eigenvalue weighted by Gasteiger charge is 2.34. The van der Waals surface area contributed by atoms with Crippen LogP contribution in [-0.2, 0) is 16.5 Å². The zero-order valence-corrected chi connectivity index (χ0v) is 12.3. The van der Waals surface area contributed by atoms with Crippen molar-refractivity contribution >= 4 is 11.8 Å². The summed E-state index contributed by atoms with van der Waals surface area (Å²) in [5, 5.41) is 26.2. The van der Waals surface area contributed by atoms with E-state index in [0.29, 0.717) is 18.5 Å². The lowest BCUT2D eigenvalue weighted by atomic mass is 10.0. The topological polar surface area (TPSA) is 129 Å². The minimum absolute atomic E-state index is 0.105. The van der Waals surface area contributed by atoms with Crippen LogP contribution in [0.2, 0.25) is 0 Å². The average Bonchev–Trinajstić information content (AvgIpc) is 2.72. The molecule has 0 spiro atoms. The smallest absolute Gasteiger partial charge is 0.404 e. The number of nitrogens with zero attached hydrogens (tertiary/aromatic N) is 3. The normalized spacial score (nSPS) is 25.5. The first kappa shape index (κ1) is 16.2. The highest BCUT2D eigenvalue weighted by Crippen LogP contribution is 2.33. The first-order valence-electron chi connectivity index (χ1n) is 6.74. The molecule has 1 aliphatic rings. The maximum absolute atomic E-state index is 11.1. The van der Waals surface area contributed by atoms with E-state index in [-0.39, 0.29) is 12.3 Å². The molecule has 0 aliphatic carbocycles. The molecule has 0 bridgehead atoms. The van der Waals surface area contributed by atoms with Gasteiger partial charge in [0.15, 0.2) is 0 Å². The van der Waals surface area contributed by atoms with Crippen LogP contribution in [0.4, 0.5) is 10.5 Å². The second-order valence-corrected chi connectivity index (χ2v) is 5.03. The number of aromatic nitrogens is 2. The lowest BCUT2D eigenvalue weighted by molar-refractivity contribution is -0.386. The molecule has 10 nitrogen and oxygen atoms in total. The van der Waals surface area contributed by atoms with Crippen molar-refractivity contribution in [3.63, 3.8) is 0 Å². The molecule has 2 N–H and O–H groups in total. The van der Waals surface area contributed by atoms with Gasteiger partial charge in [-0.3, -0.25) is 14.8 Å². The van der Waals surface area contributed by atoms with Crippen LogP contribution < -0.4 is 5.32 Å². The maximum Gasteiger partial charge on any atom is 0.404 e. The Labute approximate surface area is 126 Å². The molecule has 0 saturated carbocycles. The van der Waals surface area contributed by atoms with Crippen molar-refractivity contribution < 1.29 is 24.3 Å². The predicted molar refractivity (Wildman–Crippen MR) is 73.5 cm³/mol. The minimum atomic E-state index is -1.14. The van der Waals surface area contributed by atoms with Crippen LogP contribution in [0.3, 0.4) is 0 Å². The van der Waals surface area contributed by atoms with E-state index in [2.05, 4.69) is 10.4 Å². The first-order chi connectivity index (χ1) is 10.4. The second kappa shape index (κ2) is 6.71. The van der Waals surface area contributed by atoms with E-state index < -0.39 is 29.3 Å². The Morgan fingerprint density at radius 1 is 1.64 bits per heavy atom. The van der Waals surface area contributed by atoms with Gasteiger partial charge in [-0.15, -0.1) is 0 Å². The van der Waals surface area contributed by atoms with Crippen LogP contribution >= 0.6 is 0 Å². The number of carbonyl (C=O) groups is 1. The zero-order valence-electron chi connectivity index (χ0n) is 12.3. The van der Waals surface area contributed by atoms with E-state index >= 15 is 0 Å². The molecule has 1 aromatic heterocycles. The number of rotatable bonds is 4. The summed E-state index contributed by atoms with van der Waals surface area (Å²) >= 11 is 0. The maximum atomic E-state index is 11.1. The molecule has 0 unspecified atom stereocenters. The lowest BCUT2D eigenvalue weighted by Gasteiger charge is -2.22. The molecular formula is C12H18N4O6. The summed E-state index contributed by atoms with van der Waals surface area (Å²) in [7, 11) is 3.08. The molecule has 2 heterocycles. The van der Waals surface area contributed by atoms with Gasteiger partial charge in [0.05, 0.1) is 17.6 Å². The number of nitrogens with one attached hydrogen (secondary N) is 1. The van der Waals surface area contributed by atoms with Crippen molar-refractivity contribution in [1.29, 1.82) is 0 Å². The molecule has 10 heteroatoms. The third kappa shape index (κ3) is 3.34. The fourth-order valence-electron chi connectivity index (χ4n) is 2.65. The molecule has 1 aromatic rings. The third-order valence-electron chi connectivity index (χ3n) is 3.73. The molecule has 0 radical (unpaired) electrons. The highest BCUT2D eigenvalue weighted by atomic mass is 16.6. The Morgan fingerprint density at radius 2 is 2.36 bits per heavy atom. The summed E-state index contributed by atoms with van der Waals surface area (Å²) in [5.41, 5.74) is 0.266. The molecule has 2 rings (SSSR count). The average molecular weight is 314 g/mol. The predicted octanol–water partition coefficient (Wildman–Crippen LogP) is 0.831. The van der Waals surface area contributed by atoms with Gasteiger partial charge in [-0.1, -0.05) is 0 Å². The summed E-state index contributed by atoms with van der Waals surface area (Å²) in [5.74, 6) is 0. The molecular weight excluding hydrogens is 296 g/mol. The number of nitro groups is 1. The van der Waals surface area contributed by atoms with Crippen LogP contribution in [0, 0.1) is 10.1 Å². The zero-order chi connectivity index (χ0) is 16.3. The summed E-state index contributed by atoms with van der Waals surface area (Å²) in [6.07, 6.45) is -0.0792. The van der Waals surface area contributed by atoms with E-state index in [1.165, 1.54) is 18.0 Å². The Kier molecular flexibility index (Phi) is 4.93. The van der Waals surface area contributed by atoms with Crippen molar-refractivity contribution in [3.05, 3.63) is 22.0 Å².